The van der Waals surface area contributed by atoms with Crippen LogP contribution in [0.4, 0.5) is 0 Å². The zero-order valence-corrected chi connectivity index (χ0v) is 15.2. The number of carbonyl (C=O) groups excluding carboxylic acids is 1. The lowest BCUT2D eigenvalue weighted by Gasteiger charge is -2.23. The van der Waals surface area contributed by atoms with Crippen LogP contribution in [0.1, 0.15) is 18.1 Å². The minimum Gasteiger partial charge on any atom is -0.454 e. The molecule has 1 aliphatic heterocycles. The van der Waals surface area contributed by atoms with Gasteiger partial charge in [-0.2, -0.15) is 0 Å². The first-order chi connectivity index (χ1) is 13.1. The number of aliphatic hydroxyl groups is 1. The van der Waals surface area contributed by atoms with Gasteiger partial charge in [-0.15, -0.1) is 0 Å². The summed E-state index contributed by atoms with van der Waals surface area (Å²) >= 11 is 0. The van der Waals surface area contributed by atoms with Crippen molar-refractivity contribution in [1.29, 1.82) is 0 Å². The Morgan fingerprint density at radius 1 is 0.963 bits per heavy atom. The second-order valence-electron chi connectivity index (χ2n) is 6.40. The number of esters is 1. The Labute approximate surface area is 158 Å². The largest absolute Gasteiger partial charge is 0.454 e. The summed E-state index contributed by atoms with van der Waals surface area (Å²) in [4.78, 5) is 11.4. The molecule has 6 heteroatoms. The average molecular weight is 372 g/mol. The first-order valence-electron chi connectivity index (χ1n) is 8.91. The van der Waals surface area contributed by atoms with Gasteiger partial charge in [-0.3, -0.25) is 4.79 Å². The molecule has 0 spiro atoms. The third-order valence-corrected chi connectivity index (χ3v) is 4.27. The van der Waals surface area contributed by atoms with Crippen LogP contribution >= 0.6 is 0 Å². The fourth-order valence-electron chi connectivity index (χ4n) is 2.99. The Hall–Kier alpha value is -2.25. The van der Waals surface area contributed by atoms with Crippen LogP contribution in [0.5, 0.6) is 0 Å². The summed E-state index contributed by atoms with van der Waals surface area (Å²) in [7, 11) is 0. The lowest BCUT2D eigenvalue weighted by Crippen LogP contribution is -2.40. The molecule has 27 heavy (non-hydrogen) atoms. The number of aliphatic hydroxyl groups excluding tert-OH is 1. The van der Waals surface area contributed by atoms with Gasteiger partial charge in [-0.05, 0) is 11.1 Å². The van der Waals surface area contributed by atoms with Crippen molar-refractivity contribution < 1.29 is 28.8 Å². The van der Waals surface area contributed by atoms with Gasteiger partial charge in [0.25, 0.3) is 0 Å². The molecule has 1 saturated heterocycles. The molecule has 3 rings (SSSR count). The Kier molecular flexibility index (Phi) is 6.95. The first-order valence-corrected chi connectivity index (χ1v) is 8.91. The van der Waals surface area contributed by atoms with Crippen LogP contribution in [0.25, 0.3) is 0 Å². The van der Waals surface area contributed by atoms with Crippen LogP contribution in [-0.2, 0) is 37.0 Å². The van der Waals surface area contributed by atoms with Crippen molar-refractivity contribution in [3.05, 3.63) is 71.8 Å². The van der Waals surface area contributed by atoms with Gasteiger partial charge in [-0.1, -0.05) is 60.7 Å². The van der Waals surface area contributed by atoms with E-state index >= 15 is 0 Å². The molecule has 2 aromatic rings. The number of hydrogen-bond donors (Lipinski definition) is 1. The van der Waals surface area contributed by atoms with E-state index in [-0.39, 0.29) is 6.61 Å². The van der Waals surface area contributed by atoms with Gasteiger partial charge in [-0.25, -0.2) is 0 Å². The molecule has 2 aromatic carbocycles. The standard InChI is InChI=1S/C21H24O6/c1-15(22)26-20-19(25-13-17-10-6-3-7-11-17)18(27-21(20)23)14-24-12-16-8-4-2-5-9-16/h2-11,18-21,23H,12-14H2,1H3/t18-,19?,20+,21-/m1/s1. The molecule has 0 aliphatic carbocycles. The lowest BCUT2D eigenvalue weighted by molar-refractivity contribution is -0.172. The molecule has 4 atom stereocenters. The summed E-state index contributed by atoms with van der Waals surface area (Å²) in [6, 6.07) is 19.4. The Bertz CT molecular complexity index is 705. The fourth-order valence-corrected chi connectivity index (χ4v) is 2.99. The topological polar surface area (TPSA) is 74.2 Å². The van der Waals surface area contributed by atoms with Crippen molar-refractivity contribution in [1.82, 2.24) is 0 Å². The summed E-state index contributed by atoms with van der Waals surface area (Å²) in [6.45, 7) is 2.23. The highest BCUT2D eigenvalue weighted by atomic mass is 16.7. The third kappa shape index (κ3) is 5.61. The van der Waals surface area contributed by atoms with Crippen molar-refractivity contribution in [2.24, 2.45) is 0 Å². The third-order valence-electron chi connectivity index (χ3n) is 4.27. The van der Waals surface area contributed by atoms with E-state index in [4.69, 9.17) is 18.9 Å². The molecular formula is C21H24O6. The molecule has 0 saturated carbocycles. The Balaban J connectivity index is 1.61. The van der Waals surface area contributed by atoms with E-state index in [1.165, 1.54) is 6.92 Å². The zero-order chi connectivity index (χ0) is 19.1. The normalized spacial score (nSPS) is 24.7. The molecule has 1 N–H and O–H groups in total. The Morgan fingerprint density at radius 2 is 1.56 bits per heavy atom. The second kappa shape index (κ2) is 9.62. The molecule has 1 heterocycles. The number of ether oxygens (including phenoxy) is 4. The van der Waals surface area contributed by atoms with Gasteiger partial charge >= 0.3 is 5.97 Å². The van der Waals surface area contributed by atoms with Crippen molar-refractivity contribution in [3.63, 3.8) is 0 Å². The number of carbonyl (C=O) groups is 1. The summed E-state index contributed by atoms with van der Waals surface area (Å²) in [6.07, 6.45) is -3.31. The zero-order valence-electron chi connectivity index (χ0n) is 15.2. The van der Waals surface area contributed by atoms with Gasteiger partial charge in [0.2, 0.25) is 0 Å². The van der Waals surface area contributed by atoms with E-state index in [0.29, 0.717) is 13.2 Å². The predicted octanol–water partition coefficient (Wildman–Crippen LogP) is 2.44. The SMILES string of the molecule is CC(=O)O[C@H]1C(OCc2ccccc2)[C@@H](COCc2ccccc2)O[C@H]1O. The van der Waals surface area contributed by atoms with Gasteiger partial charge in [0.15, 0.2) is 12.4 Å². The fraction of sp³-hybridized carbons (Fsp3) is 0.381. The average Bonchev–Trinajstić information content (AvgIpc) is 2.96. The van der Waals surface area contributed by atoms with Gasteiger partial charge in [0, 0.05) is 6.92 Å². The molecule has 0 bridgehead atoms. The molecular weight excluding hydrogens is 348 g/mol. The molecule has 1 aliphatic rings. The minimum atomic E-state index is -1.25. The smallest absolute Gasteiger partial charge is 0.303 e. The number of benzene rings is 2. The van der Waals surface area contributed by atoms with E-state index in [2.05, 4.69) is 0 Å². The van der Waals surface area contributed by atoms with E-state index in [1.807, 2.05) is 60.7 Å². The monoisotopic (exact) mass is 372 g/mol. The molecule has 1 unspecified atom stereocenters. The van der Waals surface area contributed by atoms with Crippen LogP contribution in [0, 0.1) is 0 Å². The van der Waals surface area contributed by atoms with Gasteiger partial charge < -0.3 is 24.1 Å². The number of rotatable bonds is 8. The maximum absolute atomic E-state index is 11.4. The lowest BCUT2D eigenvalue weighted by atomic mass is 10.1. The Morgan fingerprint density at radius 3 is 2.15 bits per heavy atom. The summed E-state index contributed by atoms with van der Waals surface area (Å²) in [5.74, 6) is -0.498. The summed E-state index contributed by atoms with van der Waals surface area (Å²) < 4.78 is 22.4. The quantitative estimate of drug-likeness (QED) is 0.718. The van der Waals surface area contributed by atoms with Crippen LogP contribution < -0.4 is 0 Å². The van der Waals surface area contributed by atoms with Crippen LogP contribution in [-0.4, -0.2) is 42.3 Å². The van der Waals surface area contributed by atoms with Crippen molar-refractivity contribution >= 4 is 5.97 Å². The highest BCUT2D eigenvalue weighted by Crippen LogP contribution is 2.27. The maximum atomic E-state index is 11.4. The van der Waals surface area contributed by atoms with Crippen LogP contribution in [0.15, 0.2) is 60.7 Å². The van der Waals surface area contributed by atoms with E-state index < -0.39 is 30.6 Å². The predicted molar refractivity (Wildman–Crippen MR) is 97.6 cm³/mol. The highest BCUT2D eigenvalue weighted by Gasteiger charge is 2.47. The molecule has 0 aromatic heterocycles. The minimum absolute atomic E-state index is 0.211. The van der Waals surface area contributed by atoms with E-state index in [0.717, 1.165) is 11.1 Å². The molecule has 0 amide bonds. The van der Waals surface area contributed by atoms with Crippen LogP contribution in [0.3, 0.4) is 0 Å². The molecule has 144 valence electrons. The van der Waals surface area contributed by atoms with Crippen molar-refractivity contribution in [3.8, 4) is 0 Å². The van der Waals surface area contributed by atoms with Crippen molar-refractivity contribution in [2.75, 3.05) is 6.61 Å². The van der Waals surface area contributed by atoms with E-state index in [1.54, 1.807) is 0 Å². The van der Waals surface area contributed by atoms with E-state index in [9.17, 15) is 9.90 Å². The van der Waals surface area contributed by atoms with Crippen molar-refractivity contribution in [2.45, 2.75) is 44.7 Å². The summed E-state index contributed by atoms with van der Waals surface area (Å²) in [5.41, 5.74) is 2.01. The van der Waals surface area contributed by atoms with Gasteiger partial charge in [0.05, 0.1) is 19.8 Å². The summed E-state index contributed by atoms with van der Waals surface area (Å²) in [5, 5.41) is 10.2. The van der Waals surface area contributed by atoms with Gasteiger partial charge in [0.1, 0.15) is 12.2 Å². The maximum Gasteiger partial charge on any atom is 0.303 e. The molecule has 6 nitrogen and oxygen atoms in total. The highest BCUT2D eigenvalue weighted by molar-refractivity contribution is 5.66. The molecule has 1 fully saturated rings. The van der Waals surface area contributed by atoms with Crippen LogP contribution in [0.2, 0.25) is 0 Å². The molecule has 0 radical (unpaired) electrons. The first kappa shape index (κ1) is 19.5. The number of hydrogen-bond acceptors (Lipinski definition) is 6. The second-order valence-corrected chi connectivity index (χ2v) is 6.40.